The van der Waals surface area contributed by atoms with Crippen LogP contribution in [0.2, 0.25) is 0 Å². The van der Waals surface area contributed by atoms with Crippen LogP contribution in [0.15, 0.2) is 53.5 Å². The van der Waals surface area contributed by atoms with E-state index in [1.54, 1.807) is 14.0 Å². The fourth-order valence-corrected chi connectivity index (χ4v) is 3.27. The molecule has 1 N–H and O–H groups in total. The van der Waals surface area contributed by atoms with E-state index in [0.717, 1.165) is 44.8 Å². The predicted molar refractivity (Wildman–Crippen MR) is 136 cm³/mol. The fourth-order valence-electron chi connectivity index (χ4n) is 2.70. The predicted octanol–water partition coefficient (Wildman–Crippen LogP) is 6.78. The van der Waals surface area contributed by atoms with Gasteiger partial charge in [0, 0.05) is 18.3 Å². The molecule has 2 aromatic carbocycles. The van der Waals surface area contributed by atoms with Crippen LogP contribution in [0.25, 0.3) is 11.3 Å². The summed E-state index contributed by atoms with van der Waals surface area (Å²) in [5, 5.41) is 4.00. The number of allylic oxidation sites excluding steroid dienone is 1. The SMILES string of the molecule is CC1CC1.CNc1ccc(/C(C)=C(/N=C(C)SCC(C)=O)c2ccc(OC)cc2)cc1. The van der Waals surface area contributed by atoms with Crippen LogP contribution in [0.4, 0.5) is 5.69 Å². The van der Waals surface area contributed by atoms with Crippen LogP contribution in [0.1, 0.15) is 51.7 Å². The second-order valence-electron chi connectivity index (χ2n) is 7.83. The highest BCUT2D eigenvalue weighted by molar-refractivity contribution is 8.14. The molecule has 5 heteroatoms. The normalized spacial score (nSPS) is 14.2. The van der Waals surface area contributed by atoms with E-state index >= 15 is 0 Å². The van der Waals surface area contributed by atoms with Gasteiger partial charge in [-0.25, -0.2) is 4.99 Å². The van der Waals surface area contributed by atoms with Crippen LogP contribution in [-0.2, 0) is 4.79 Å². The number of thioether (sulfide) groups is 1. The zero-order chi connectivity index (χ0) is 22.8. The van der Waals surface area contributed by atoms with Crippen molar-refractivity contribution in [1.29, 1.82) is 0 Å². The van der Waals surface area contributed by atoms with Crippen molar-refractivity contribution in [2.24, 2.45) is 10.9 Å². The number of Topliss-reactive ketones (excluding diaryl/α,β-unsaturated/α-hetero) is 1. The monoisotopic (exact) mass is 438 g/mol. The average molecular weight is 439 g/mol. The molecule has 166 valence electrons. The van der Waals surface area contributed by atoms with E-state index in [4.69, 9.17) is 9.73 Å². The lowest BCUT2D eigenvalue weighted by Crippen LogP contribution is -1.98. The standard InChI is InChI=1S/C22H26N2O2S.C4H8/c1-15(25)14-27-17(3)24-22(19-8-12-21(26-5)13-9-19)16(2)18-6-10-20(23-4)11-7-18;1-4-2-3-4/h6-13,23H,14H2,1-5H3;4H,2-3H2,1H3/b22-16+,24-17?;. The van der Waals surface area contributed by atoms with Crippen LogP contribution < -0.4 is 10.1 Å². The summed E-state index contributed by atoms with van der Waals surface area (Å²) in [5.41, 5.74) is 5.14. The molecule has 1 aliphatic carbocycles. The Morgan fingerprint density at radius 1 is 1.03 bits per heavy atom. The zero-order valence-electron chi connectivity index (χ0n) is 19.5. The van der Waals surface area contributed by atoms with Crippen molar-refractivity contribution in [2.45, 2.75) is 40.5 Å². The van der Waals surface area contributed by atoms with Gasteiger partial charge in [0.2, 0.25) is 0 Å². The van der Waals surface area contributed by atoms with E-state index in [-0.39, 0.29) is 5.78 Å². The van der Waals surface area contributed by atoms with Gasteiger partial charge in [-0.3, -0.25) is 4.79 Å². The Kier molecular flexibility index (Phi) is 9.86. The highest BCUT2D eigenvalue weighted by atomic mass is 32.2. The van der Waals surface area contributed by atoms with Crippen LogP contribution in [-0.4, -0.2) is 30.7 Å². The summed E-state index contributed by atoms with van der Waals surface area (Å²) < 4.78 is 5.27. The van der Waals surface area contributed by atoms with E-state index in [9.17, 15) is 4.79 Å². The summed E-state index contributed by atoms with van der Waals surface area (Å²) in [6.45, 7) is 7.88. The second-order valence-corrected chi connectivity index (χ2v) is 9.00. The number of ketones is 1. The number of aliphatic imine (C=N–C) groups is 1. The van der Waals surface area contributed by atoms with Gasteiger partial charge in [0.25, 0.3) is 0 Å². The smallest absolute Gasteiger partial charge is 0.140 e. The lowest BCUT2D eigenvalue weighted by molar-refractivity contribution is -0.114. The number of ether oxygens (including phenoxy) is 1. The molecule has 3 rings (SSSR count). The summed E-state index contributed by atoms with van der Waals surface area (Å²) >= 11 is 1.47. The van der Waals surface area contributed by atoms with Crippen molar-refractivity contribution in [1.82, 2.24) is 0 Å². The molecule has 0 aromatic heterocycles. The lowest BCUT2D eigenvalue weighted by atomic mass is 10.0. The molecule has 0 amide bonds. The Morgan fingerprint density at radius 2 is 1.58 bits per heavy atom. The van der Waals surface area contributed by atoms with Crippen LogP contribution in [0.3, 0.4) is 0 Å². The average Bonchev–Trinajstić information content (AvgIpc) is 3.58. The Hall–Kier alpha value is -2.53. The molecule has 0 atom stereocenters. The molecular formula is C26H34N2O2S. The van der Waals surface area contributed by atoms with Gasteiger partial charge >= 0.3 is 0 Å². The molecule has 31 heavy (non-hydrogen) atoms. The van der Waals surface area contributed by atoms with Crippen molar-refractivity contribution >= 4 is 39.5 Å². The fraction of sp³-hybridized carbons (Fsp3) is 0.385. The van der Waals surface area contributed by atoms with Gasteiger partial charge < -0.3 is 10.1 Å². The minimum atomic E-state index is 0.143. The van der Waals surface area contributed by atoms with Gasteiger partial charge in [-0.15, -0.1) is 11.8 Å². The maximum Gasteiger partial charge on any atom is 0.140 e. The lowest BCUT2D eigenvalue weighted by Gasteiger charge is -2.12. The summed E-state index contributed by atoms with van der Waals surface area (Å²) in [4.78, 5) is 16.1. The topological polar surface area (TPSA) is 50.7 Å². The molecule has 0 spiro atoms. The highest BCUT2D eigenvalue weighted by Gasteiger charge is 2.12. The Bertz CT molecular complexity index is 911. The number of methoxy groups -OCH3 is 1. The largest absolute Gasteiger partial charge is 0.497 e. The maximum atomic E-state index is 11.3. The van der Waals surface area contributed by atoms with E-state index in [2.05, 4.69) is 31.3 Å². The molecule has 1 saturated carbocycles. The maximum absolute atomic E-state index is 11.3. The first-order chi connectivity index (χ1) is 14.8. The molecular weight excluding hydrogens is 404 g/mol. The minimum absolute atomic E-state index is 0.143. The van der Waals surface area contributed by atoms with Crippen LogP contribution >= 0.6 is 11.8 Å². The third kappa shape index (κ3) is 8.62. The molecule has 1 aliphatic rings. The number of anilines is 1. The first-order valence-electron chi connectivity index (χ1n) is 10.6. The van der Waals surface area contributed by atoms with Gasteiger partial charge in [0.1, 0.15) is 11.5 Å². The Morgan fingerprint density at radius 3 is 2.03 bits per heavy atom. The molecule has 0 saturated heterocycles. The van der Waals surface area contributed by atoms with Crippen LogP contribution in [0.5, 0.6) is 5.75 Å². The molecule has 4 nitrogen and oxygen atoms in total. The third-order valence-corrected chi connectivity index (χ3v) is 6.00. The van der Waals surface area contributed by atoms with Gasteiger partial charge in [-0.05, 0) is 74.2 Å². The summed E-state index contributed by atoms with van der Waals surface area (Å²) in [5.74, 6) is 2.46. The van der Waals surface area contributed by atoms with Gasteiger partial charge in [-0.2, -0.15) is 0 Å². The van der Waals surface area contributed by atoms with Crippen molar-refractivity contribution < 1.29 is 9.53 Å². The number of carbonyl (C=O) groups excluding carboxylic acids is 1. The Labute approximate surface area is 191 Å². The quantitative estimate of drug-likeness (QED) is 0.294. The van der Waals surface area contributed by atoms with E-state index in [1.165, 1.54) is 24.6 Å². The van der Waals surface area contributed by atoms with Crippen molar-refractivity contribution in [3.8, 4) is 5.75 Å². The second kappa shape index (κ2) is 12.4. The first kappa shape index (κ1) is 24.7. The van der Waals surface area contributed by atoms with E-state index in [1.807, 2.05) is 50.4 Å². The van der Waals surface area contributed by atoms with Gasteiger partial charge in [0.05, 0.1) is 23.6 Å². The third-order valence-electron chi connectivity index (χ3n) is 4.94. The number of hydrogen-bond acceptors (Lipinski definition) is 5. The van der Waals surface area contributed by atoms with Crippen LogP contribution in [0, 0.1) is 5.92 Å². The molecule has 0 radical (unpaired) electrons. The molecule has 2 aromatic rings. The summed E-state index contributed by atoms with van der Waals surface area (Å²) in [7, 11) is 3.56. The molecule has 0 bridgehead atoms. The Balaban J connectivity index is 0.000000762. The number of benzene rings is 2. The number of rotatable bonds is 7. The number of hydrogen-bond donors (Lipinski definition) is 1. The first-order valence-corrected chi connectivity index (χ1v) is 11.6. The highest BCUT2D eigenvalue weighted by Crippen LogP contribution is 2.30. The van der Waals surface area contributed by atoms with Gasteiger partial charge in [0.15, 0.2) is 0 Å². The summed E-state index contributed by atoms with van der Waals surface area (Å²) in [6, 6.07) is 16.1. The number of nitrogens with one attached hydrogen (secondary N) is 1. The zero-order valence-corrected chi connectivity index (χ0v) is 20.3. The molecule has 0 heterocycles. The number of carbonyl (C=O) groups is 1. The van der Waals surface area contributed by atoms with Crippen molar-refractivity contribution in [3.05, 3.63) is 59.7 Å². The van der Waals surface area contributed by atoms with E-state index < -0.39 is 0 Å². The summed E-state index contributed by atoms with van der Waals surface area (Å²) in [6.07, 6.45) is 2.97. The van der Waals surface area contributed by atoms with Crippen molar-refractivity contribution in [3.63, 3.8) is 0 Å². The molecule has 0 unspecified atom stereocenters. The molecule has 0 aliphatic heterocycles. The van der Waals surface area contributed by atoms with Gasteiger partial charge in [-0.1, -0.05) is 31.9 Å². The van der Waals surface area contributed by atoms with Crippen molar-refractivity contribution in [2.75, 3.05) is 25.2 Å². The van der Waals surface area contributed by atoms with E-state index in [0.29, 0.717) is 5.75 Å². The minimum Gasteiger partial charge on any atom is -0.497 e. The molecule has 1 fully saturated rings. The number of nitrogens with zero attached hydrogens (tertiary/aromatic N) is 1.